The van der Waals surface area contributed by atoms with Crippen LogP contribution in [0.25, 0.3) is 0 Å². The summed E-state index contributed by atoms with van der Waals surface area (Å²) in [5, 5.41) is 8.71. The number of hydrogen-bond donors (Lipinski definition) is 1. The number of fused-ring (bicyclic) bond motifs is 1. The minimum atomic E-state index is -3.36. The maximum absolute atomic E-state index is 11.8. The second-order valence-electron chi connectivity index (χ2n) is 7.97. The Morgan fingerprint density at radius 1 is 1.23 bits per heavy atom. The summed E-state index contributed by atoms with van der Waals surface area (Å²) < 4.78 is 34.3. The Bertz CT molecular complexity index is 971. The molecule has 0 aliphatic carbocycles. The quantitative estimate of drug-likeness (QED) is 0.610. The molecular formula is C21H31N5O3S. The van der Waals surface area contributed by atoms with Crippen LogP contribution >= 0.6 is 0 Å². The monoisotopic (exact) mass is 433 g/mol. The van der Waals surface area contributed by atoms with E-state index in [0.29, 0.717) is 19.0 Å². The molecule has 0 fully saturated rings. The average molecular weight is 434 g/mol. The first-order valence-electron chi connectivity index (χ1n) is 10.2. The van der Waals surface area contributed by atoms with E-state index in [1.807, 2.05) is 32.0 Å². The van der Waals surface area contributed by atoms with Crippen molar-refractivity contribution in [3.8, 4) is 5.75 Å². The third kappa shape index (κ3) is 5.68. The summed E-state index contributed by atoms with van der Waals surface area (Å²) in [5.41, 5.74) is 1.14. The normalized spacial score (nSPS) is 16.1. The molecule has 2 aromatic rings. The van der Waals surface area contributed by atoms with Gasteiger partial charge < -0.3 is 9.30 Å². The third-order valence-electron chi connectivity index (χ3n) is 5.16. The number of para-hydroxylation sites is 1. The lowest BCUT2D eigenvalue weighted by Crippen LogP contribution is -2.33. The fourth-order valence-electron chi connectivity index (χ4n) is 3.66. The Kier molecular flexibility index (Phi) is 7.27. The minimum Gasteiger partial charge on any atom is -0.489 e. The first-order valence-corrected chi connectivity index (χ1v) is 12.1. The van der Waals surface area contributed by atoms with E-state index in [9.17, 15) is 8.42 Å². The fourth-order valence-corrected chi connectivity index (χ4v) is 4.50. The predicted molar refractivity (Wildman–Crippen MR) is 117 cm³/mol. The molecule has 0 spiro atoms. The molecule has 8 nitrogen and oxygen atoms in total. The van der Waals surface area contributed by atoms with Crippen LogP contribution in [0.2, 0.25) is 0 Å². The van der Waals surface area contributed by atoms with Crippen LogP contribution < -0.4 is 9.46 Å². The Morgan fingerprint density at radius 2 is 2.00 bits per heavy atom. The van der Waals surface area contributed by atoms with Crippen LogP contribution in [-0.4, -0.2) is 54.0 Å². The van der Waals surface area contributed by atoms with Crippen LogP contribution in [0.3, 0.4) is 0 Å². The highest BCUT2D eigenvalue weighted by molar-refractivity contribution is 7.88. The van der Waals surface area contributed by atoms with Crippen molar-refractivity contribution in [2.45, 2.75) is 39.4 Å². The van der Waals surface area contributed by atoms with Crippen molar-refractivity contribution in [1.82, 2.24) is 24.4 Å². The van der Waals surface area contributed by atoms with E-state index in [-0.39, 0.29) is 5.92 Å². The van der Waals surface area contributed by atoms with Crippen molar-refractivity contribution in [3.05, 3.63) is 54.1 Å². The predicted octanol–water partition coefficient (Wildman–Crippen LogP) is 2.15. The lowest BCUT2D eigenvalue weighted by Gasteiger charge is -2.23. The molecule has 2 heterocycles. The van der Waals surface area contributed by atoms with Gasteiger partial charge in [-0.15, -0.1) is 10.2 Å². The van der Waals surface area contributed by atoms with Gasteiger partial charge in [0.1, 0.15) is 18.2 Å². The lowest BCUT2D eigenvalue weighted by molar-refractivity contribution is 0.262. The van der Waals surface area contributed by atoms with Crippen molar-refractivity contribution in [1.29, 1.82) is 0 Å². The molecule has 0 saturated carbocycles. The Hall–Kier alpha value is -2.23. The first-order chi connectivity index (χ1) is 14.3. The summed E-state index contributed by atoms with van der Waals surface area (Å²) in [6.07, 6.45) is 3.67. The van der Waals surface area contributed by atoms with Crippen molar-refractivity contribution >= 4 is 10.0 Å². The van der Waals surface area contributed by atoms with Gasteiger partial charge in [0.25, 0.3) is 0 Å². The van der Waals surface area contributed by atoms with E-state index in [1.165, 1.54) is 6.26 Å². The van der Waals surface area contributed by atoms with Crippen LogP contribution in [0, 0.1) is 5.92 Å². The molecule has 0 radical (unpaired) electrons. The molecule has 0 bridgehead atoms. The SMILES string of the molecule is C=CCOc1ccccc1CN1CCc2nnc(C(NS(C)(=O)=O)C(C)C)n2CC1. The maximum atomic E-state index is 11.8. The largest absolute Gasteiger partial charge is 0.489 e. The molecule has 1 aliphatic heterocycles. The highest BCUT2D eigenvalue weighted by atomic mass is 32.2. The van der Waals surface area contributed by atoms with Gasteiger partial charge in [-0.1, -0.05) is 44.7 Å². The van der Waals surface area contributed by atoms with Gasteiger partial charge in [-0.25, -0.2) is 13.1 Å². The van der Waals surface area contributed by atoms with Crippen LogP contribution in [0.5, 0.6) is 5.75 Å². The molecular weight excluding hydrogens is 402 g/mol. The summed E-state index contributed by atoms with van der Waals surface area (Å²) in [6.45, 7) is 11.3. The summed E-state index contributed by atoms with van der Waals surface area (Å²) >= 11 is 0. The summed E-state index contributed by atoms with van der Waals surface area (Å²) in [7, 11) is -3.36. The van der Waals surface area contributed by atoms with Crippen molar-refractivity contribution in [3.63, 3.8) is 0 Å². The van der Waals surface area contributed by atoms with E-state index >= 15 is 0 Å². The smallest absolute Gasteiger partial charge is 0.209 e. The molecule has 0 saturated heterocycles. The number of ether oxygens (including phenoxy) is 1. The van der Waals surface area contributed by atoms with E-state index in [0.717, 1.165) is 43.2 Å². The highest BCUT2D eigenvalue weighted by Gasteiger charge is 2.28. The number of nitrogens with zero attached hydrogens (tertiary/aromatic N) is 4. The number of rotatable bonds is 9. The third-order valence-corrected chi connectivity index (χ3v) is 5.84. The molecule has 1 unspecified atom stereocenters. The van der Waals surface area contributed by atoms with Crippen molar-refractivity contribution in [2.75, 3.05) is 26.0 Å². The summed E-state index contributed by atoms with van der Waals surface area (Å²) in [4.78, 5) is 2.36. The summed E-state index contributed by atoms with van der Waals surface area (Å²) in [5.74, 6) is 2.51. The number of sulfonamides is 1. The first kappa shape index (κ1) is 22.5. The lowest BCUT2D eigenvalue weighted by atomic mass is 10.1. The molecule has 0 amide bonds. The number of benzene rings is 1. The standard InChI is InChI=1S/C21H31N5O3S/c1-5-14-29-18-9-7-6-8-17(18)15-25-11-10-19-22-23-21(26(19)13-12-25)20(16(2)3)24-30(4,27)28/h5-9,16,20,24H,1,10-15H2,2-4H3. The molecule has 1 N–H and O–H groups in total. The number of nitrogens with one attached hydrogen (secondary N) is 1. The maximum Gasteiger partial charge on any atom is 0.209 e. The molecule has 1 aromatic heterocycles. The topological polar surface area (TPSA) is 89.3 Å². The molecule has 1 aromatic carbocycles. The van der Waals surface area contributed by atoms with Crippen LogP contribution in [0.15, 0.2) is 36.9 Å². The second-order valence-corrected chi connectivity index (χ2v) is 9.75. The Morgan fingerprint density at radius 3 is 2.70 bits per heavy atom. The van der Waals surface area contributed by atoms with E-state index in [2.05, 4.69) is 37.0 Å². The van der Waals surface area contributed by atoms with Gasteiger partial charge >= 0.3 is 0 Å². The van der Waals surface area contributed by atoms with Crippen molar-refractivity contribution in [2.24, 2.45) is 5.92 Å². The molecule has 1 aliphatic rings. The Balaban J connectivity index is 1.75. The molecule has 30 heavy (non-hydrogen) atoms. The number of aromatic nitrogens is 3. The zero-order valence-electron chi connectivity index (χ0n) is 17.9. The molecule has 1 atom stereocenters. The van der Waals surface area contributed by atoms with E-state index < -0.39 is 16.1 Å². The van der Waals surface area contributed by atoms with Crippen LogP contribution in [0.1, 0.15) is 37.1 Å². The van der Waals surface area contributed by atoms with Gasteiger partial charge in [0.05, 0.1) is 12.3 Å². The van der Waals surface area contributed by atoms with Gasteiger partial charge in [0, 0.05) is 38.2 Å². The van der Waals surface area contributed by atoms with Gasteiger partial charge in [0.2, 0.25) is 10.0 Å². The second kappa shape index (κ2) is 9.72. The van der Waals surface area contributed by atoms with E-state index in [1.54, 1.807) is 6.08 Å². The molecule has 9 heteroatoms. The zero-order chi connectivity index (χ0) is 21.7. The average Bonchev–Trinajstić information content (AvgIpc) is 2.98. The van der Waals surface area contributed by atoms with Crippen LogP contribution in [-0.2, 0) is 29.5 Å². The fraction of sp³-hybridized carbons (Fsp3) is 0.524. The van der Waals surface area contributed by atoms with Gasteiger partial charge in [0.15, 0.2) is 5.82 Å². The zero-order valence-corrected chi connectivity index (χ0v) is 18.7. The van der Waals surface area contributed by atoms with Gasteiger partial charge in [-0.05, 0) is 12.0 Å². The minimum absolute atomic E-state index is 0.0567. The van der Waals surface area contributed by atoms with Gasteiger partial charge in [-0.3, -0.25) is 4.90 Å². The van der Waals surface area contributed by atoms with Gasteiger partial charge in [-0.2, -0.15) is 0 Å². The highest BCUT2D eigenvalue weighted by Crippen LogP contribution is 2.25. The molecule has 3 rings (SSSR count). The Labute approximate surface area is 179 Å². The van der Waals surface area contributed by atoms with Crippen LogP contribution in [0.4, 0.5) is 0 Å². The summed E-state index contributed by atoms with van der Waals surface area (Å²) in [6, 6.07) is 7.65. The number of hydrogen-bond acceptors (Lipinski definition) is 6. The van der Waals surface area contributed by atoms with E-state index in [4.69, 9.17) is 4.74 Å². The molecule has 164 valence electrons. The van der Waals surface area contributed by atoms with Crippen molar-refractivity contribution < 1.29 is 13.2 Å².